The van der Waals surface area contributed by atoms with E-state index in [1.807, 2.05) is 16.1 Å². The minimum Gasteiger partial charge on any atom is -0.476 e. The van der Waals surface area contributed by atoms with Crippen LogP contribution in [0.4, 0.5) is 0 Å². The van der Waals surface area contributed by atoms with Crippen molar-refractivity contribution in [3.8, 4) is 56.8 Å². The molecule has 0 saturated carbocycles. The Morgan fingerprint density at radius 3 is 1.31 bits per heavy atom. The second kappa shape index (κ2) is 27.4. The van der Waals surface area contributed by atoms with Crippen LogP contribution in [0.1, 0.15) is 86.0 Å². The first-order valence-corrected chi connectivity index (χ1v) is 24.6. The number of rotatable bonds is 20. The van der Waals surface area contributed by atoms with Crippen LogP contribution in [0.15, 0.2) is 32.3 Å². The summed E-state index contributed by atoms with van der Waals surface area (Å²) >= 11 is 8.50. The fourth-order valence-corrected chi connectivity index (χ4v) is 9.57. The van der Waals surface area contributed by atoms with Crippen LogP contribution < -0.4 is 16.4 Å². The minimum atomic E-state index is -1.05. The van der Waals surface area contributed by atoms with Gasteiger partial charge in [0.2, 0.25) is 11.8 Å². The second-order valence-electron chi connectivity index (χ2n) is 12.4. The van der Waals surface area contributed by atoms with E-state index in [1.165, 1.54) is 62.1 Å². The van der Waals surface area contributed by atoms with Gasteiger partial charge in [0, 0.05) is 90.3 Å². The van der Waals surface area contributed by atoms with Crippen LogP contribution in [0.5, 0.6) is 0 Å². The topological polar surface area (TPSA) is 251 Å². The Morgan fingerprint density at radius 2 is 0.969 bits per heavy atom. The molecule has 64 heavy (non-hydrogen) atoms. The monoisotopic (exact) mass is 981 g/mol. The molecule has 6 aromatic rings. The molecule has 336 valence electrons. The van der Waals surface area contributed by atoms with E-state index in [0.717, 1.165) is 37.8 Å². The summed E-state index contributed by atoms with van der Waals surface area (Å²) in [6.45, 7) is 5.78. The zero-order valence-corrected chi connectivity index (χ0v) is 39.5. The molecule has 5 N–H and O–H groups in total. The van der Waals surface area contributed by atoms with Crippen LogP contribution in [0, 0.1) is 24.7 Å². The van der Waals surface area contributed by atoms with Crippen molar-refractivity contribution in [2.45, 2.75) is 58.8 Å². The van der Waals surface area contributed by atoms with E-state index in [0.29, 0.717) is 98.5 Å². The third-order valence-corrected chi connectivity index (χ3v) is 13.0. The van der Waals surface area contributed by atoms with Crippen molar-refractivity contribution in [2.75, 3.05) is 32.8 Å². The average molecular weight is 982 g/mol. The molecule has 2 amide bonds. The van der Waals surface area contributed by atoms with Crippen molar-refractivity contribution in [1.82, 2.24) is 40.5 Å². The molecule has 0 aliphatic carbocycles. The van der Waals surface area contributed by atoms with Crippen molar-refractivity contribution in [1.29, 1.82) is 0 Å². The van der Waals surface area contributed by atoms with E-state index in [-0.39, 0.29) is 17.5 Å². The number of esters is 2. The molecular weight excluding hydrogens is 939 g/mol. The van der Waals surface area contributed by atoms with E-state index >= 15 is 0 Å². The standard InChI is InChI=1S/C16H17N3O3S2.C14H13N3O3S2.C11H13N3O2S2/c1-3-5-6-13(20)17-8-7-14-18-11(9-23-14)15-19-12(10-24-15)16(21)22-4-2;1-2-3-4-11(18)15-6-5-12-16-9(7-21-12)13-17-10(8-22-13)14(19)20;1-2-16-11(15)8-6-18-10(14-8)7-5-17-9(13-7)3-4-12/h1,9-10H,4-8H2,2H3,(H,17,20);1,7-8H,3-6H2,(H,15,18)(H,19,20);5-6H,2-4,12H2,1H3. The molecule has 0 radical (unpaired) electrons. The van der Waals surface area contributed by atoms with Gasteiger partial charge in [-0.1, -0.05) is 0 Å². The molecule has 0 atom stereocenters. The first kappa shape index (κ1) is 50.9. The molecule has 0 aromatic carbocycles. The normalized spacial score (nSPS) is 10.3. The Balaban J connectivity index is 0.000000212. The average Bonchev–Trinajstić information content (AvgIpc) is 4.14. The number of carbonyl (C=O) groups is 5. The van der Waals surface area contributed by atoms with E-state index in [4.69, 9.17) is 33.2 Å². The zero-order chi connectivity index (χ0) is 46.3. The van der Waals surface area contributed by atoms with Gasteiger partial charge in [-0.15, -0.1) is 92.7 Å². The molecule has 0 saturated heterocycles. The van der Waals surface area contributed by atoms with Gasteiger partial charge in [-0.05, 0) is 20.4 Å². The Hall–Kier alpha value is -5.79. The van der Waals surface area contributed by atoms with Gasteiger partial charge in [0.25, 0.3) is 0 Å². The maximum absolute atomic E-state index is 11.6. The van der Waals surface area contributed by atoms with Crippen molar-refractivity contribution >= 4 is 97.7 Å². The van der Waals surface area contributed by atoms with Crippen molar-refractivity contribution in [3.05, 3.63) is 64.4 Å². The number of nitrogens with two attached hydrogens (primary N) is 1. The summed E-state index contributed by atoms with van der Waals surface area (Å²) < 4.78 is 9.81. The van der Waals surface area contributed by atoms with E-state index in [2.05, 4.69) is 52.4 Å². The fourth-order valence-electron chi connectivity index (χ4n) is 4.73. The van der Waals surface area contributed by atoms with Crippen molar-refractivity contribution in [2.24, 2.45) is 5.73 Å². The van der Waals surface area contributed by atoms with Crippen molar-refractivity contribution < 1.29 is 38.6 Å². The lowest BCUT2D eigenvalue weighted by atomic mass is 10.3. The first-order chi connectivity index (χ1) is 31.0. The summed E-state index contributed by atoms with van der Waals surface area (Å²) in [6, 6.07) is 0. The molecule has 0 fully saturated rings. The summed E-state index contributed by atoms with van der Waals surface area (Å²) in [7, 11) is 0. The highest BCUT2D eigenvalue weighted by Crippen LogP contribution is 2.28. The SMILES string of the molecule is C#CCCC(=O)NCCc1nc(-c2nc(C(=O)O)cs2)cs1.C#CCCC(=O)NCCc1nc(-c2nc(C(=O)OCC)cs2)cs1.CCOC(=O)c1csc(-c2csc(CCN)n2)n1. The van der Waals surface area contributed by atoms with Gasteiger partial charge in [-0.25, -0.2) is 44.3 Å². The number of amides is 2. The van der Waals surface area contributed by atoms with Gasteiger partial charge in [0.05, 0.1) is 28.2 Å². The molecule has 6 aromatic heterocycles. The van der Waals surface area contributed by atoms with Crippen LogP contribution in [0.25, 0.3) is 32.1 Å². The second-order valence-corrected chi connectivity index (χ2v) is 17.8. The molecule has 6 heterocycles. The number of nitrogens with zero attached hydrogens (tertiary/aromatic N) is 6. The number of hydrogen-bond donors (Lipinski definition) is 4. The van der Waals surface area contributed by atoms with Gasteiger partial charge in [-0.3, -0.25) is 9.59 Å². The predicted octanol–water partition coefficient (Wildman–Crippen LogP) is 6.50. The van der Waals surface area contributed by atoms with E-state index < -0.39 is 17.9 Å². The number of aromatic carboxylic acids is 1. The number of terminal acetylenes is 2. The fraction of sp³-hybridized carbons (Fsp3) is 0.341. The highest BCUT2D eigenvalue weighted by Gasteiger charge is 2.17. The Bertz CT molecular complexity index is 2540. The molecule has 23 heteroatoms. The van der Waals surface area contributed by atoms with Gasteiger partial charge in [0.15, 0.2) is 17.1 Å². The molecule has 0 aliphatic rings. The number of carboxylic acids is 1. The number of aromatic nitrogens is 6. The van der Waals surface area contributed by atoms with Gasteiger partial charge < -0.3 is 30.9 Å². The Morgan fingerprint density at radius 1 is 0.594 bits per heavy atom. The number of hydrogen-bond acceptors (Lipinski definition) is 20. The maximum Gasteiger partial charge on any atom is 0.357 e. The maximum atomic E-state index is 11.6. The highest BCUT2D eigenvalue weighted by atomic mass is 32.1. The lowest BCUT2D eigenvalue weighted by Gasteiger charge is -2.01. The largest absolute Gasteiger partial charge is 0.476 e. The Kier molecular flexibility index (Phi) is 21.8. The molecule has 0 bridgehead atoms. The minimum absolute atomic E-state index is 0.0235. The van der Waals surface area contributed by atoms with E-state index in [9.17, 15) is 24.0 Å². The lowest BCUT2D eigenvalue weighted by molar-refractivity contribution is -0.121. The van der Waals surface area contributed by atoms with Crippen LogP contribution in [0.2, 0.25) is 0 Å². The number of ether oxygens (including phenoxy) is 2. The third-order valence-electron chi connectivity index (χ3n) is 7.69. The number of carboxylic acid groups (broad SMARTS) is 1. The van der Waals surface area contributed by atoms with Crippen LogP contribution in [0.3, 0.4) is 0 Å². The number of nitrogens with one attached hydrogen (secondary N) is 2. The van der Waals surface area contributed by atoms with Gasteiger partial charge >= 0.3 is 17.9 Å². The van der Waals surface area contributed by atoms with Crippen LogP contribution >= 0.6 is 68.0 Å². The molecule has 17 nitrogen and oxygen atoms in total. The smallest absolute Gasteiger partial charge is 0.357 e. The summed E-state index contributed by atoms with van der Waals surface area (Å²) in [6.07, 6.45) is 13.8. The van der Waals surface area contributed by atoms with Gasteiger partial charge in [0.1, 0.15) is 32.1 Å². The Labute approximate surface area is 393 Å². The quantitative estimate of drug-likeness (QED) is 0.0471. The highest BCUT2D eigenvalue weighted by molar-refractivity contribution is 7.15. The molecule has 6 rings (SSSR count). The third kappa shape index (κ3) is 16.7. The molecule has 0 aliphatic heterocycles. The summed E-state index contributed by atoms with van der Waals surface area (Å²) in [5, 5.41) is 29.7. The summed E-state index contributed by atoms with van der Waals surface area (Å²) in [4.78, 5) is 82.6. The van der Waals surface area contributed by atoms with Crippen molar-refractivity contribution in [3.63, 3.8) is 0 Å². The summed E-state index contributed by atoms with van der Waals surface area (Å²) in [5.41, 5.74) is 8.33. The molecule has 0 spiro atoms. The van der Waals surface area contributed by atoms with E-state index in [1.54, 1.807) is 35.9 Å². The first-order valence-electron chi connectivity index (χ1n) is 19.4. The number of carbonyl (C=O) groups excluding carboxylic acids is 4. The predicted molar refractivity (Wildman–Crippen MR) is 251 cm³/mol. The van der Waals surface area contributed by atoms with Crippen LogP contribution in [-0.4, -0.2) is 97.6 Å². The zero-order valence-electron chi connectivity index (χ0n) is 34.6. The van der Waals surface area contributed by atoms with Crippen LogP contribution in [-0.2, 0) is 38.3 Å². The molecular formula is C41H43N9O8S6. The lowest BCUT2D eigenvalue weighted by Crippen LogP contribution is -2.25. The van der Waals surface area contributed by atoms with Gasteiger partial charge in [-0.2, -0.15) is 0 Å². The summed E-state index contributed by atoms with van der Waals surface area (Å²) in [5.74, 6) is 2.87. The number of thiazole rings is 6. The molecule has 0 unspecified atom stereocenters.